The van der Waals surface area contributed by atoms with E-state index in [1.165, 1.54) is 43.9 Å². The molecule has 0 spiro atoms. The third-order valence-corrected chi connectivity index (χ3v) is 12.2. The summed E-state index contributed by atoms with van der Waals surface area (Å²) in [5, 5.41) is 6.03. The molecule has 0 radical (unpaired) electrons. The monoisotopic (exact) mass is 778 g/mol. The highest BCUT2D eigenvalue weighted by Crippen LogP contribution is 2.43. The first kappa shape index (κ1) is 34.9. The summed E-state index contributed by atoms with van der Waals surface area (Å²) >= 11 is 0. The van der Waals surface area contributed by atoms with Crippen LogP contribution in [0.5, 0.6) is 0 Å². The number of pyridine rings is 1. The standard InChI is InChI=1S/C58H38N2O/c1-3-14-39(15-4-1)44-19-11-21-46(36-44)59(48-33-34-51-50-24-9-10-27-55(50)61-56(51)38-48)47-22-12-20-45(37-47)40-28-30-42(31-29-40)52-25-13-26-53-57(43-17-5-2-6-18-43)58-49-23-8-7-16-41(49)32-35-54(58)60(52)53/h1-38H. The lowest BCUT2D eigenvalue weighted by Gasteiger charge is -2.26. The number of para-hydroxylation sites is 1. The molecular formula is C58H38N2O. The molecule has 0 aliphatic rings. The summed E-state index contributed by atoms with van der Waals surface area (Å²) in [4.78, 5) is 2.34. The molecule has 286 valence electrons. The molecule has 0 atom stereocenters. The molecule has 0 saturated carbocycles. The SMILES string of the molecule is c1ccc(-c2cccc(N(c3cccc(-c4ccc(-c5cccc6c(-c7ccccc7)c7c8ccccc8ccc7n56)cc4)c3)c3ccc4c(c3)oc3ccccc34)c2)cc1. The highest BCUT2D eigenvalue weighted by molar-refractivity contribution is 6.19. The molecule has 3 nitrogen and oxygen atoms in total. The largest absolute Gasteiger partial charge is 0.456 e. The van der Waals surface area contributed by atoms with Crippen molar-refractivity contribution in [3.05, 3.63) is 231 Å². The van der Waals surface area contributed by atoms with Gasteiger partial charge in [-0.15, -0.1) is 0 Å². The van der Waals surface area contributed by atoms with Crippen molar-refractivity contribution in [3.8, 4) is 44.6 Å². The average Bonchev–Trinajstić information content (AvgIpc) is 3.88. The zero-order chi connectivity index (χ0) is 40.3. The number of aromatic nitrogens is 1. The second-order valence-electron chi connectivity index (χ2n) is 15.7. The van der Waals surface area contributed by atoms with Crippen molar-refractivity contribution < 1.29 is 4.42 Å². The summed E-state index contributed by atoms with van der Waals surface area (Å²) in [6, 6.07) is 82.9. The number of nitrogens with zero attached hydrogens (tertiary/aromatic N) is 2. The molecule has 12 rings (SSSR count). The molecule has 3 aromatic heterocycles. The minimum absolute atomic E-state index is 0.865. The van der Waals surface area contributed by atoms with E-state index in [0.717, 1.165) is 66.9 Å². The van der Waals surface area contributed by atoms with Gasteiger partial charge >= 0.3 is 0 Å². The molecule has 61 heavy (non-hydrogen) atoms. The van der Waals surface area contributed by atoms with E-state index >= 15 is 0 Å². The van der Waals surface area contributed by atoms with Crippen LogP contribution in [0.2, 0.25) is 0 Å². The number of benzene rings is 9. The van der Waals surface area contributed by atoms with E-state index < -0.39 is 0 Å². The molecule has 9 aromatic carbocycles. The Morgan fingerprint density at radius 3 is 1.66 bits per heavy atom. The van der Waals surface area contributed by atoms with Gasteiger partial charge in [0.05, 0.1) is 16.7 Å². The van der Waals surface area contributed by atoms with Crippen molar-refractivity contribution >= 4 is 66.2 Å². The lowest BCUT2D eigenvalue weighted by Crippen LogP contribution is -2.10. The number of furan rings is 1. The van der Waals surface area contributed by atoms with Crippen LogP contribution in [-0.4, -0.2) is 4.40 Å². The van der Waals surface area contributed by atoms with Crippen molar-refractivity contribution in [1.29, 1.82) is 0 Å². The molecule has 0 N–H and O–H groups in total. The predicted octanol–water partition coefficient (Wildman–Crippen LogP) is 16.3. The summed E-state index contributed by atoms with van der Waals surface area (Å²) in [6.07, 6.45) is 0. The van der Waals surface area contributed by atoms with Crippen molar-refractivity contribution in [2.75, 3.05) is 4.90 Å². The van der Waals surface area contributed by atoms with Crippen molar-refractivity contribution in [2.24, 2.45) is 0 Å². The van der Waals surface area contributed by atoms with Gasteiger partial charge in [0.25, 0.3) is 0 Å². The van der Waals surface area contributed by atoms with Crippen molar-refractivity contribution in [1.82, 2.24) is 4.40 Å². The molecule has 0 aliphatic carbocycles. The Labute approximate surface area is 353 Å². The number of fused-ring (bicyclic) bond motifs is 8. The van der Waals surface area contributed by atoms with Gasteiger partial charge in [0.2, 0.25) is 0 Å². The fourth-order valence-electron chi connectivity index (χ4n) is 9.34. The summed E-state index contributed by atoms with van der Waals surface area (Å²) in [6.45, 7) is 0. The minimum Gasteiger partial charge on any atom is -0.456 e. The van der Waals surface area contributed by atoms with Gasteiger partial charge in [-0.25, -0.2) is 0 Å². The van der Waals surface area contributed by atoms with E-state index in [1.807, 2.05) is 12.1 Å². The Morgan fingerprint density at radius 2 is 0.902 bits per heavy atom. The number of hydrogen-bond donors (Lipinski definition) is 0. The Balaban J connectivity index is 0.971. The first-order valence-corrected chi connectivity index (χ1v) is 20.8. The molecule has 0 saturated heterocycles. The van der Waals surface area contributed by atoms with Crippen LogP contribution in [0.15, 0.2) is 235 Å². The van der Waals surface area contributed by atoms with Crippen LogP contribution in [0.25, 0.3) is 93.8 Å². The fraction of sp³-hybridized carbons (Fsp3) is 0. The van der Waals surface area contributed by atoms with Crippen LogP contribution < -0.4 is 4.90 Å². The first-order chi connectivity index (χ1) is 30.2. The maximum absolute atomic E-state index is 6.41. The fourth-order valence-corrected chi connectivity index (χ4v) is 9.34. The maximum Gasteiger partial charge on any atom is 0.137 e. The van der Waals surface area contributed by atoms with Crippen molar-refractivity contribution in [3.63, 3.8) is 0 Å². The molecule has 3 heteroatoms. The first-order valence-electron chi connectivity index (χ1n) is 20.8. The third kappa shape index (κ3) is 5.90. The zero-order valence-electron chi connectivity index (χ0n) is 33.2. The van der Waals surface area contributed by atoms with Crippen LogP contribution >= 0.6 is 0 Å². The van der Waals surface area contributed by atoms with E-state index in [-0.39, 0.29) is 0 Å². The second kappa shape index (κ2) is 14.3. The van der Waals surface area contributed by atoms with Crippen LogP contribution in [0.3, 0.4) is 0 Å². The van der Waals surface area contributed by atoms with Crippen LogP contribution in [0.1, 0.15) is 0 Å². The van der Waals surface area contributed by atoms with E-state index in [0.29, 0.717) is 0 Å². The molecule has 0 unspecified atom stereocenters. The van der Waals surface area contributed by atoms with Gasteiger partial charge in [-0.1, -0.05) is 164 Å². The summed E-state index contributed by atoms with van der Waals surface area (Å²) in [7, 11) is 0. The van der Waals surface area contributed by atoms with E-state index in [1.54, 1.807) is 0 Å². The van der Waals surface area contributed by atoms with Gasteiger partial charge in [-0.3, -0.25) is 0 Å². The lowest BCUT2D eigenvalue weighted by molar-refractivity contribution is 0.669. The Morgan fingerprint density at radius 1 is 0.328 bits per heavy atom. The summed E-state index contributed by atoms with van der Waals surface area (Å²) in [5.74, 6) is 0. The Kier molecular flexibility index (Phi) is 8.17. The molecule has 3 heterocycles. The molecule has 0 fully saturated rings. The molecule has 0 amide bonds. The van der Waals surface area contributed by atoms with Gasteiger partial charge < -0.3 is 13.7 Å². The smallest absolute Gasteiger partial charge is 0.137 e. The minimum atomic E-state index is 0.865. The topological polar surface area (TPSA) is 20.8 Å². The van der Waals surface area contributed by atoms with Crippen LogP contribution in [-0.2, 0) is 0 Å². The predicted molar refractivity (Wildman–Crippen MR) is 256 cm³/mol. The van der Waals surface area contributed by atoms with E-state index in [4.69, 9.17) is 4.42 Å². The van der Waals surface area contributed by atoms with E-state index in [9.17, 15) is 0 Å². The van der Waals surface area contributed by atoms with Gasteiger partial charge in [0.1, 0.15) is 11.2 Å². The third-order valence-electron chi connectivity index (χ3n) is 12.2. The quantitative estimate of drug-likeness (QED) is 0.161. The summed E-state index contributed by atoms with van der Waals surface area (Å²) in [5.41, 5.74) is 16.8. The molecular weight excluding hydrogens is 741 g/mol. The highest BCUT2D eigenvalue weighted by atomic mass is 16.3. The summed E-state index contributed by atoms with van der Waals surface area (Å²) < 4.78 is 8.86. The lowest BCUT2D eigenvalue weighted by atomic mass is 9.98. The number of rotatable bonds is 7. The second-order valence-corrected chi connectivity index (χ2v) is 15.7. The van der Waals surface area contributed by atoms with Crippen molar-refractivity contribution in [2.45, 2.75) is 0 Å². The van der Waals surface area contributed by atoms with Gasteiger partial charge in [0, 0.05) is 44.9 Å². The van der Waals surface area contributed by atoms with Crippen LogP contribution in [0.4, 0.5) is 17.1 Å². The Bertz CT molecular complexity index is 3580. The van der Waals surface area contributed by atoms with Gasteiger partial charge in [0.15, 0.2) is 0 Å². The van der Waals surface area contributed by atoms with Crippen LogP contribution in [0, 0.1) is 0 Å². The number of hydrogen-bond acceptors (Lipinski definition) is 2. The zero-order valence-corrected chi connectivity index (χ0v) is 33.2. The number of anilines is 3. The van der Waals surface area contributed by atoms with E-state index in [2.05, 4.69) is 228 Å². The molecule has 0 aliphatic heterocycles. The molecule has 12 aromatic rings. The normalized spacial score (nSPS) is 11.6. The van der Waals surface area contributed by atoms with Gasteiger partial charge in [-0.2, -0.15) is 0 Å². The average molecular weight is 779 g/mol. The highest BCUT2D eigenvalue weighted by Gasteiger charge is 2.20. The molecule has 0 bridgehead atoms. The van der Waals surface area contributed by atoms with Gasteiger partial charge in [-0.05, 0) is 105 Å². The maximum atomic E-state index is 6.41. The Hall–Kier alpha value is -8.14.